The third-order valence-electron chi connectivity index (χ3n) is 2.32. The minimum Gasteiger partial charge on any atom is -0.477 e. The summed E-state index contributed by atoms with van der Waals surface area (Å²) in [6.07, 6.45) is 2.53. The molecule has 0 aromatic carbocycles. The number of ether oxygens (including phenoxy) is 1. The van der Waals surface area contributed by atoms with Crippen molar-refractivity contribution in [1.29, 1.82) is 0 Å². The van der Waals surface area contributed by atoms with E-state index in [2.05, 4.69) is 29.1 Å². The molecule has 0 aliphatic carbocycles. The monoisotopic (exact) mass is 251 g/mol. The van der Waals surface area contributed by atoms with Crippen molar-refractivity contribution in [3.05, 3.63) is 17.8 Å². The van der Waals surface area contributed by atoms with Gasteiger partial charge in [-0.2, -0.15) is 0 Å². The van der Waals surface area contributed by atoms with E-state index in [1.807, 2.05) is 11.4 Å². The molecule has 2 aromatic rings. The summed E-state index contributed by atoms with van der Waals surface area (Å²) in [7, 11) is 0. The smallest absolute Gasteiger partial charge is 0.234 e. The van der Waals surface area contributed by atoms with E-state index in [1.54, 1.807) is 17.7 Å². The Hall–Kier alpha value is -1.20. The topological polar surface area (TPSA) is 47.0 Å². The molecule has 0 unspecified atom stereocenters. The molecule has 5 heteroatoms. The summed E-state index contributed by atoms with van der Waals surface area (Å²) in [5.74, 6) is 0.703. The number of nitrogens with zero attached hydrogens (tertiary/aromatic N) is 2. The van der Waals surface area contributed by atoms with Gasteiger partial charge >= 0.3 is 0 Å². The maximum Gasteiger partial charge on any atom is 0.234 e. The van der Waals surface area contributed by atoms with Crippen LogP contribution in [0, 0.1) is 0 Å². The van der Waals surface area contributed by atoms with E-state index < -0.39 is 0 Å². The number of aromatic nitrogens is 2. The zero-order chi connectivity index (χ0) is 12.1. The van der Waals surface area contributed by atoms with Crippen LogP contribution in [0.4, 0.5) is 0 Å². The van der Waals surface area contributed by atoms with Gasteiger partial charge in [0, 0.05) is 6.04 Å². The number of fused-ring (bicyclic) bond motifs is 1. The van der Waals surface area contributed by atoms with Crippen molar-refractivity contribution >= 4 is 21.6 Å². The summed E-state index contributed by atoms with van der Waals surface area (Å²) >= 11 is 1.62. The first kappa shape index (κ1) is 12.3. The molecule has 92 valence electrons. The van der Waals surface area contributed by atoms with Crippen molar-refractivity contribution in [2.24, 2.45) is 0 Å². The second-order valence-electron chi connectivity index (χ2n) is 4.12. The number of rotatable bonds is 6. The molecular weight excluding hydrogens is 234 g/mol. The number of hydrogen-bond donors (Lipinski definition) is 1. The van der Waals surface area contributed by atoms with Gasteiger partial charge in [-0.05, 0) is 24.4 Å². The molecule has 17 heavy (non-hydrogen) atoms. The maximum atomic E-state index is 5.68. The molecule has 2 heterocycles. The summed E-state index contributed by atoms with van der Waals surface area (Å²) in [6.45, 7) is 5.93. The Kier molecular flexibility index (Phi) is 4.28. The van der Waals surface area contributed by atoms with Crippen LogP contribution in [0.1, 0.15) is 20.3 Å². The van der Waals surface area contributed by atoms with E-state index in [0.29, 0.717) is 18.5 Å². The molecule has 2 rings (SSSR count). The van der Waals surface area contributed by atoms with E-state index >= 15 is 0 Å². The fourth-order valence-electron chi connectivity index (χ4n) is 1.50. The van der Waals surface area contributed by atoms with Gasteiger partial charge in [0.05, 0.1) is 12.1 Å². The molecule has 2 aromatic heterocycles. The molecule has 0 aliphatic heterocycles. The van der Waals surface area contributed by atoms with Gasteiger partial charge in [-0.1, -0.05) is 13.8 Å². The minimum absolute atomic E-state index is 0.526. The molecule has 0 spiro atoms. The van der Waals surface area contributed by atoms with Crippen molar-refractivity contribution in [3.8, 4) is 5.88 Å². The van der Waals surface area contributed by atoms with Crippen molar-refractivity contribution in [1.82, 2.24) is 15.3 Å². The van der Waals surface area contributed by atoms with Crippen LogP contribution in [0.3, 0.4) is 0 Å². The predicted octanol–water partition coefficient (Wildman–Crippen LogP) is 2.46. The zero-order valence-electron chi connectivity index (χ0n) is 10.1. The van der Waals surface area contributed by atoms with Crippen molar-refractivity contribution in [2.75, 3.05) is 13.2 Å². The van der Waals surface area contributed by atoms with Gasteiger partial charge in [0.2, 0.25) is 5.88 Å². The van der Waals surface area contributed by atoms with Crippen molar-refractivity contribution in [2.45, 2.75) is 26.3 Å². The maximum absolute atomic E-state index is 5.68. The van der Waals surface area contributed by atoms with Gasteiger partial charge in [0.15, 0.2) is 0 Å². The van der Waals surface area contributed by atoms with Gasteiger partial charge < -0.3 is 10.1 Å². The number of thiophene rings is 1. The third kappa shape index (κ3) is 3.38. The lowest BCUT2D eigenvalue weighted by atomic mass is 10.3. The zero-order valence-corrected chi connectivity index (χ0v) is 11.0. The van der Waals surface area contributed by atoms with Crippen LogP contribution in [0.15, 0.2) is 17.8 Å². The molecule has 0 saturated carbocycles. The quantitative estimate of drug-likeness (QED) is 0.801. The van der Waals surface area contributed by atoms with Gasteiger partial charge in [-0.3, -0.25) is 0 Å². The number of nitrogens with one attached hydrogen (secondary N) is 1. The lowest BCUT2D eigenvalue weighted by Crippen LogP contribution is -2.24. The molecule has 0 bridgehead atoms. The average Bonchev–Trinajstić information content (AvgIpc) is 2.77. The largest absolute Gasteiger partial charge is 0.477 e. The molecule has 0 aliphatic rings. The fourth-order valence-corrected chi connectivity index (χ4v) is 2.29. The second kappa shape index (κ2) is 5.93. The molecule has 4 nitrogen and oxygen atoms in total. The standard InChI is InChI=1S/C12H17N3OS/c1-9(2)13-5-3-6-16-12-11-10(4-7-17-11)14-8-15-12/h4,7-9,13H,3,5-6H2,1-2H3. The molecule has 0 atom stereocenters. The van der Waals surface area contributed by atoms with E-state index in [0.717, 1.165) is 23.2 Å². The lowest BCUT2D eigenvalue weighted by Gasteiger charge is -2.08. The van der Waals surface area contributed by atoms with Gasteiger partial charge in [-0.15, -0.1) is 11.3 Å². The van der Waals surface area contributed by atoms with Crippen LogP contribution in [-0.4, -0.2) is 29.2 Å². The second-order valence-corrected chi connectivity index (χ2v) is 5.04. The molecular formula is C12H17N3OS. The van der Waals surface area contributed by atoms with Crippen LogP contribution in [-0.2, 0) is 0 Å². The van der Waals surface area contributed by atoms with E-state index in [1.165, 1.54) is 0 Å². The lowest BCUT2D eigenvalue weighted by molar-refractivity contribution is 0.299. The normalized spacial score (nSPS) is 11.2. The predicted molar refractivity (Wildman–Crippen MR) is 70.7 cm³/mol. The SMILES string of the molecule is CC(C)NCCCOc1ncnc2ccsc12. The molecule has 1 N–H and O–H groups in total. The fraction of sp³-hybridized carbons (Fsp3) is 0.500. The molecule has 0 amide bonds. The van der Waals surface area contributed by atoms with E-state index in [-0.39, 0.29) is 0 Å². The van der Waals surface area contributed by atoms with Crippen LogP contribution >= 0.6 is 11.3 Å². The Balaban J connectivity index is 1.84. The Morgan fingerprint density at radius 1 is 1.41 bits per heavy atom. The van der Waals surface area contributed by atoms with Crippen molar-refractivity contribution < 1.29 is 4.74 Å². The summed E-state index contributed by atoms with van der Waals surface area (Å²) in [6, 6.07) is 2.51. The first-order valence-corrected chi connectivity index (χ1v) is 6.69. The third-order valence-corrected chi connectivity index (χ3v) is 3.21. The first-order chi connectivity index (χ1) is 8.27. The Morgan fingerprint density at radius 2 is 2.29 bits per heavy atom. The van der Waals surface area contributed by atoms with Crippen LogP contribution < -0.4 is 10.1 Å². The Labute approximate surface area is 105 Å². The average molecular weight is 251 g/mol. The molecule has 0 fully saturated rings. The molecule has 0 radical (unpaired) electrons. The highest BCUT2D eigenvalue weighted by molar-refractivity contribution is 7.17. The molecule has 0 saturated heterocycles. The summed E-state index contributed by atoms with van der Waals surface area (Å²) in [5, 5.41) is 5.36. The highest BCUT2D eigenvalue weighted by Crippen LogP contribution is 2.26. The number of hydrogen-bond acceptors (Lipinski definition) is 5. The van der Waals surface area contributed by atoms with Gasteiger partial charge in [0.25, 0.3) is 0 Å². The van der Waals surface area contributed by atoms with Crippen molar-refractivity contribution in [3.63, 3.8) is 0 Å². The Bertz CT molecular complexity index is 469. The highest BCUT2D eigenvalue weighted by atomic mass is 32.1. The van der Waals surface area contributed by atoms with E-state index in [4.69, 9.17) is 4.74 Å². The summed E-state index contributed by atoms with van der Waals surface area (Å²) < 4.78 is 6.71. The van der Waals surface area contributed by atoms with Crippen LogP contribution in [0.25, 0.3) is 10.2 Å². The Morgan fingerprint density at radius 3 is 3.12 bits per heavy atom. The van der Waals surface area contributed by atoms with E-state index in [9.17, 15) is 0 Å². The first-order valence-electron chi connectivity index (χ1n) is 5.82. The minimum atomic E-state index is 0.526. The van der Waals surface area contributed by atoms with Gasteiger partial charge in [-0.25, -0.2) is 9.97 Å². The van der Waals surface area contributed by atoms with Gasteiger partial charge in [0.1, 0.15) is 11.0 Å². The summed E-state index contributed by atoms with van der Waals surface area (Å²) in [5.41, 5.74) is 0.959. The highest BCUT2D eigenvalue weighted by Gasteiger charge is 2.05. The van der Waals surface area contributed by atoms with Crippen LogP contribution in [0.2, 0.25) is 0 Å². The summed E-state index contributed by atoms with van der Waals surface area (Å²) in [4.78, 5) is 8.34. The van der Waals surface area contributed by atoms with Crippen LogP contribution in [0.5, 0.6) is 5.88 Å².